The second kappa shape index (κ2) is 10.8. The number of hydrogen-bond donors (Lipinski definition) is 2. The molecule has 3 N–H and O–H groups in total. The first-order valence-electron chi connectivity index (χ1n) is 14.4. The standard InChI is InChI=1S/C29H36F5N7O2/c1-15(2)41-22(26(35)43)9-20(39-41)19(12-27(3,4)29(32,33)34)21-14-40-23(37-21)8-18(13-36-40)25(17-5-6-17)38-24(42)7-16-10-28(30,31)11-16/h8-9,13-17,19,25H,5-7,10-12H2,1-4H3,(H2,35,43)(H,38,42)/t19-,25-/m1/s1. The summed E-state index contributed by atoms with van der Waals surface area (Å²) in [5.74, 6) is -4.88. The molecule has 43 heavy (non-hydrogen) atoms. The molecule has 0 saturated heterocycles. The summed E-state index contributed by atoms with van der Waals surface area (Å²) in [6.45, 7) is 5.78. The van der Waals surface area contributed by atoms with Crippen LogP contribution in [0.2, 0.25) is 0 Å². The largest absolute Gasteiger partial charge is 0.394 e. The number of hydrogen-bond acceptors (Lipinski definition) is 5. The summed E-state index contributed by atoms with van der Waals surface area (Å²) in [6.07, 6.45) is -0.602. The minimum atomic E-state index is -4.52. The van der Waals surface area contributed by atoms with Crippen LogP contribution in [-0.2, 0) is 4.79 Å². The van der Waals surface area contributed by atoms with E-state index in [1.807, 2.05) is 0 Å². The lowest BCUT2D eigenvalue weighted by Crippen LogP contribution is -2.39. The van der Waals surface area contributed by atoms with E-state index < -0.39 is 35.8 Å². The Bertz CT molecular complexity index is 1510. The molecule has 3 aromatic rings. The number of halogens is 5. The van der Waals surface area contributed by atoms with Crippen molar-refractivity contribution in [2.45, 2.75) is 96.3 Å². The molecular weight excluding hydrogens is 573 g/mol. The van der Waals surface area contributed by atoms with E-state index >= 15 is 0 Å². The monoisotopic (exact) mass is 609 g/mol. The fraction of sp³-hybridized carbons (Fsp3) is 0.621. The van der Waals surface area contributed by atoms with E-state index in [0.29, 0.717) is 11.2 Å². The van der Waals surface area contributed by atoms with Crippen LogP contribution < -0.4 is 11.1 Å². The van der Waals surface area contributed by atoms with Crippen LogP contribution in [0, 0.1) is 17.3 Å². The van der Waals surface area contributed by atoms with Crippen molar-refractivity contribution < 1.29 is 31.5 Å². The number of fused-ring (bicyclic) bond motifs is 1. The van der Waals surface area contributed by atoms with Gasteiger partial charge in [-0.15, -0.1) is 0 Å². The van der Waals surface area contributed by atoms with Crippen LogP contribution in [0.25, 0.3) is 5.65 Å². The molecule has 234 valence electrons. The Morgan fingerprint density at radius 2 is 1.81 bits per heavy atom. The Balaban J connectivity index is 1.46. The zero-order chi connectivity index (χ0) is 31.5. The van der Waals surface area contributed by atoms with Gasteiger partial charge in [-0.3, -0.25) is 14.3 Å². The van der Waals surface area contributed by atoms with Gasteiger partial charge in [-0.2, -0.15) is 23.4 Å². The average molecular weight is 610 g/mol. The predicted molar refractivity (Wildman–Crippen MR) is 146 cm³/mol. The van der Waals surface area contributed by atoms with Crippen LogP contribution in [0.15, 0.2) is 24.5 Å². The SMILES string of the molecule is CC(C)n1nc([C@@H](CC(C)(C)C(F)(F)F)c2cn3ncc([C@H](NC(=O)CC4CC(F)(F)C4)C4CC4)cc3n2)cc1C(N)=O. The van der Waals surface area contributed by atoms with Crippen molar-refractivity contribution in [1.29, 1.82) is 0 Å². The van der Waals surface area contributed by atoms with Crippen LogP contribution in [-0.4, -0.2) is 48.3 Å². The summed E-state index contributed by atoms with van der Waals surface area (Å²) >= 11 is 0. The maximum Gasteiger partial charge on any atom is 0.394 e. The highest BCUT2D eigenvalue weighted by Gasteiger charge is 2.49. The summed E-state index contributed by atoms with van der Waals surface area (Å²) in [5, 5.41) is 11.9. The van der Waals surface area contributed by atoms with Crippen molar-refractivity contribution in [3.05, 3.63) is 47.2 Å². The van der Waals surface area contributed by atoms with Crippen LogP contribution in [0.5, 0.6) is 0 Å². The fourth-order valence-electron chi connectivity index (χ4n) is 5.72. The van der Waals surface area contributed by atoms with Crippen molar-refractivity contribution in [3.63, 3.8) is 0 Å². The molecule has 2 aliphatic carbocycles. The van der Waals surface area contributed by atoms with Crippen molar-refractivity contribution in [2.75, 3.05) is 0 Å². The van der Waals surface area contributed by atoms with Gasteiger partial charge in [-0.25, -0.2) is 18.3 Å². The van der Waals surface area contributed by atoms with E-state index in [-0.39, 0.29) is 66.2 Å². The first-order valence-corrected chi connectivity index (χ1v) is 14.4. The number of nitrogens with one attached hydrogen (secondary N) is 1. The Morgan fingerprint density at radius 1 is 1.14 bits per heavy atom. The number of alkyl halides is 5. The Hall–Kier alpha value is -3.58. The third kappa shape index (κ3) is 6.52. The van der Waals surface area contributed by atoms with Crippen molar-refractivity contribution in [2.24, 2.45) is 23.0 Å². The number of carbonyl (C=O) groups excluding carboxylic acids is 2. The Kier molecular flexibility index (Phi) is 7.79. The van der Waals surface area contributed by atoms with Gasteiger partial charge in [0, 0.05) is 31.2 Å². The van der Waals surface area contributed by atoms with E-state index in [1.165, 1.54) is 21.5 Å². The summed E-state index contributed by atoms with van der Waals surface area (Å²) in [6, 6.07) is 2.49. The van der Waals surface area contributed by atoms with Gasteiger partial charge < -0.3 is 11.1 Å². The number of rotatable bonds is 11. The lowest BCUT2D eigenvalue weighted by molar-refractivity contribution is -0.214. The van der Waals surface area contributed by atoms with Gasteiger partial charge in [0.05, 0.1) is 35.2 Å². The number of carbonyl (C=O) groups is 2. The molecule has 14 heteroatoms. The summed E-state index contributed by atoms with van der Waals surface area (Å²) in [5.41, 5.74) is 5.06. The zero-order valence-corrected chi connectivity index (χ0v) is 24.5. The molecule has 0 unspecified atom stereocenters. The molecule has 2 aliphatic rings. The highest BCUT2D eigenvalue weighted by Crippen LogP contribution is 2.47. The van der Waals surface area contributed by atoms with Crippen molar-refractivity contribution in [1.82, 2.24) is 29.7 Å². The normalized spacial score (nSPS) is 18.9. The average Bonchev–Trinajstić information content (AvgIpc) is 3.45. The van der Waals surface area contributed by atoms with Crippen LogP contribution in [0.1, 0.15) is 112 Å². The zero-order valence-electron chi connectivity index (χ0n) is 24.5. The van der Waals surface area contributed by atoms with Gasteiger partial charge in [-0.1, -0.05) is 13.8 Å². The number of amides is 2. The molecule has 0 radical (unpaired) electrons. The van der Waals surface area contributed by atoms with Crippen molar-refractivity contribution in [3.8, 4) is 0 Å². The molecule has 0 spiro atoms. The van der Waals surface area contributed by atoms with E-state index in [0.717, 1.165) is 26.7 Å². The highest BCUT2D eigenvalue weighted by molar-refractivity contribution is 5.91. The molecule has 0 aromatic carbocycles. The number of primary amides is 1. The van der Waals surface area contributed by atoms with Gasteiger partial charge in [0.2, 0.25) is 11.8 Å². The van der Waals surface area contributed by atoms with E-state index in [1.54, 1.807) is 26.1 Å². The molecule has 0 aliphatic heterocycles. The Labute approximate surface area is 245 Å². The number of aromatic nitrogens is 5. The van der Waals surface area contributed by atoms with Crippen molar-refractivity contribution >= 4 is 17.5 Å². The number of imidazole rings is 1. The maximum absolute atomic E-state index is 14.0. The molecule has 0 bridgehead atoms. The van der Waals surface area contributed by atoms with Gasteiger partial charge >= 0.3 is 6.18 Å². The van der Waals surface area contributed by atoms with Crippen LogP contribution in [0.3, 0.4) is 0 Å². The summed E-state index contributed by atoms with van der Waals surface area (Å²) in [4.78, 5) is 29.5. The first kappa shape index (κ1) is 30.9. The third-order valence-corrected chi connectivity index (χ3v) is 8.47. The van der Waals surface area contributed by atoms with E-state index in [9.17, 15) is 31.5 Å². The second-order valence-corrected chi connectivity index (χ2v) is 13.0. The minimum absolute atomic E-state index is 0.0228. The minimum Gasteiger partial charge on any atom is -0.364 e. The molecule has 3 heterocycles. The molecule has 2 amide bonds. The molecule has 2 fully saturated rings. The first-order chi connectivity index (χ1) is 19.9. The molecule has 3 aromatic heterocycles. The van der Waals surface area contributed by atoms with E-state index in [2.05, 4.69) is 20.5 Å². The second-order valence-electron chi connectivity index (χ2n) is 13.0. The van der Waals surface area contributed by atoms with Gasteiger partial charge in [0.15, 0.2) is 5.65 Å². The lowest BCUT2D eigenvalue weighted by Gasteiger charge is -2.34. The fourth-order valence-corrected chi connectivity index (χ4v) is 5.72. The van der Waals surface area contributed by atoms with E-state index in [4.69, 9.17) is 5.73 Å². The summed E-state index contributed by atoms with van der Waals surface area (Å²) in [7, 11) is 0. The molecular formula is C29H36F5N7O2. The molecule has 5 rings (SSSR count). The number of nitrogens with zero attached hydrogens (tertiary/aromatic N) is 5. The quantitative estimate of drug-likeness (QED) is 0.270. The smallest absolute Gasteiger partial charge is 0.364 e. The Morgan fingerprint density at radius 3 is 2.35 bits per heavy atom. The van der Waals surface area contributed by atoms with Gasteiger partial charge in [-0.05, 0) is 62.6 Å². The molecule has 2 saturated carbocycles. The highest BCUT2D eigenvalue weighted by atomic mass is 19.4. The van der Waals surface area contributed by atoms with Gasteiger partial charge in [0.1, 0.15) is 5.69 Å². The molecule has 2 atom stereocenters. The lowest BCUT2D eigenvalue weighted by atomic mass is 9.79. The number of nitrogens with two attached hydrogens (primary N) is 1. The topological polar surface area (TPSA) is 120 Å². The molecule has 9 nitrogen and oxygen atoms in total. The van der Waals surface area contributed by atoms with Crippen LogP contribution >= 0.6 is 0 Å². The maximum atomic E-state index is 14.0. The van der Waals surface area contributed by atoms with Crippen LogP contribution in [0.4, 0.5) is 22.0 Å². The van der Waals surface area contributed by atoms with Gasteiger partial charge in [0.25, 0.3) is 5.91 Å². The summed E-state index contributed by atoms with van der Waals surface area (Å²) < 4.78 is 71.4. The predicted octanol–water partition coefficient (Wildman–Crippen LogP) is 5.72. The third-order valence-electron chi connectivity index (χ3n) is 8.47.